The van der Waals surface area contributed by atoms with Crippen molar-refractivity contribution in [3.63, 3.8) is 0 Å². The number of aryl methyl sites for hydroxylation is 1. The van der Waals surface area contributed by atoms with E-state index in [2.05, 4.69) is 4.98 Å². The van der Waals surface area contributed by atoms with Crippen LogP contribution >= 0.6 is 0 Å². The summed E-state index contributed by atoms with van der Waals surface area (Å²) in [4.78, 5) is 15.4. The van der Waals surface area contributed by atoms with Crippen molar-refractivity contribution in [2.24, 2.45) is 0 Å². The standard InChI is InChI=1S/C12H12N2O3/c15-10-3-1-9(7-11(10)16)2-4-12(17)14-6-5-13-8-14/h1,3,5-8,15-16H,2,4H2. The first-order chi connectivity index (χ1) is 8.16. The molecule has 0 aliphatic heterocycles. The molecule has 1 aromatic carbocycles. The third-order valence-corrected chi connectivity index (χ3v) is 2.46. The summed E-state index contributed by atoms with van der Waals surface area (Å²) in [6, 6.07) is 4.54. The fourth-order valence-corrected chi connectivity index (χ4v) is 1.51. The van der Waals surface area contributed by atoms with Gasteiger partial charge in [0, 0.05) is 18.8 Å². The molecule has 5 nitrogen and oxygen atoms in total. The van der Waals surface area contributed by atoms with Crippen molar-refractivity contribution < 1.29 is 15.0 Å². The number of rotatable bonds is 3. The monoisotopic (exact) mass is 232 g/mol. The van der Waals surface area contributed by atoms with Gasteiger partial charge >= 0.3 is 0 Å². The molecule has 5 heteroatoms. The molecule has 0 bridgehead atoms. The van der Waals surface area contributed by atoms with Crippen molar-refractivity contribution in [2.45, 2.75) is 12.8 Å². The Morgan fingerprint density at radius 3 is 2.76 bits per heavy atom. The lowest BCUT2D eigenvalue weighted by Gasteiger charge is -2.03. The van der Waals surface area contributed by atoms with Gasteiger partial charge < -0.3 is 10.2 Å². The Bertz CT molecular complexity index is 521. The summed E-state index contributed by atoms with van der Waals surface area (Å²) in [6.45, 7) is 0. The van der Waals surface area contributed by atoms with Gasteiger partial charge in [-0.3, -0.25) is 9.36 Å². The Morgan fingerprint density at radius 1 is 1.29 bits per heavy atom. The second-order valence-corrected chi connectivity index (χ2v) is 3.69. The molecule has 2 aromatic rings. The first-order valence-electron chi connectivity index (χ1n) is 5.19. The topological polar surface area (TPSA) is 75.3 Å². The molecule has 0 saturated heterocycles. The molecule has 0 fully saturated rings. The molecule has 0 spiro atoms. The molecule has 1 aromatic heterocycles. The predicted molar refractivity (Wildman–Crippen MR) is 60.9 cm³/mol. The van der Waals surface area contributed by atoms with E-state index in [0.29, 0.717) is 12.8 Å². The van der Waals surface area contributed by atoms with Crippen molar-refractivity contribution in [1.82, 2.24) is 9.55 Å². The second kappa shape index (κ2) is 4.69. The minimum atomic E-state index is -0.169. The van der Waals surface area contributed by atoms with Crippen molar-refractivity contribution in [3.05, 3.63) is 42.5 Å². The van der Waals surface area contributed by atoms with Gasteiger partial charge in [-0.25, -0.2) is 4.98 Å². The maximum absolute atomic E-state index is 11.6. The Balaban J connectivity index is 1.98. The smallest absolute Gasteiger partial charge is 0.232 e. The number of aromatic nitrogens is 2. The minimum Gasteiger partial charge on any atom is -0.504 e. The van der Waals surface area contributed by atoms with Crippen molar-refractivity contribution in [2.75, 3.05) is 0 Å². The maximum atomic E-state index is 11.6. The van der Waals surface area contributed by atoms with Crippen LogP contribution in [0.2, 0.25) is 0 Å². The molecule has 88 valence electrons. The van der Waals surface area contributed by atoms with E-state index in [1.807, 2.05) is 0 Å². The number of carbonyl (C=O) groups excluding carboxylic acids is 1. The van der Waals surface area contributed by atoms with Crippen LogP contribution < -0.4 is 0 Å². The van der Waals surface area contributed by atoms with E-state index >= 15 is 0 Å². The lowest BCUT2D eigenvalue weighted by atomic mass is 10.1. The van der Waals surface area contributed by atoms with Crippen LogP contribution in [0.5, 0.6) is 11.5 Å². The normalized spacial score (nSPS) is 10.4. The minimum absolute atomic E-state index is 0.0601. The first-order valence-corrected chi connectivity index (χ1v) is 5.19. The fourth-order valence-electron chi connectivity index (χ4n) is 1.51. The van der Waals surface area contributed by atoms with Gasteiger partial charge in [0.15, 0.2) is 11.5 Å². The largest absolute Gasteiger partial charge is 0.504 e. The summed E-state index contributed by atoms with van der Waals surface area (Å²) in [7, 11) is 0. The predicted octanol–water partition coefficient (Wildman–Crippen LogP) is 1.57. The molecule has 0 radical (unpaired) electrons. The van der Waals surface area contributed by atoms with Crippen LogP contribution in [0.25, 0.3) is 0 Å². The third kappa shape index (κ3) is 2.63. The van der Waals surface area contributed by atoms with E-state index in [4.69, 9.17) is 5.11 Å². The lowest BCUT2D eigenvalue weighted by molar-refractivity contribution is 0.0903. The van der Waals surface area contributed by atoms with Crippen LogP contribution in [-0.4, -0.2) is 25.7 Å². The van der Waals surface area contributed by atoms with Crippen molar-refractivity contribution >= 4 is 5.91 Å². The van der Waals surface area contributed by atoms with Gasteiger partial charge in [-0.1, -0.05) is 6.07 Å². The summed E-state index contributed by atoms with van der Waals surface area (Å²) in [5.41, 5.74) is 0.800. The molecule has 0 amide bonds. The molecule has 0 saturated carbocycles. The van der Waals surface area contributed by atoms with Gasteiger partial charge in [0.2, 0.25) is 5.91 Å². The van der Waals surface area contributed by atoms with Gasteiger partial charge in [0.25, 0.3) is 0 Å². The molecule has 0 atom stereocenters. The van der Waals surface area contributed by atoms with E-state index in [9.17, 15) is 9.90 Å². The van der Waals surface area contributed by atoms with Gasteiger partial charge in [0.05, 0.1) is 0 Å². The third-order valence-electron chi connectivity index (χ3n) is 2.46. The Labute approximate surface area is 98.0 Å². The van der Waals surface area contributed by atoms with E-state index in [1.54, 1.807) is 18.5 Å². The van der Waals surface area contributed by atoms with E-state index < -0.39 is 0 Å². The lowest BCUT2D eigenvalue weighted by Crippen LogP contribution is -2.09. The Morgan fingerprint density at radius 2 is 2.12 bits per heavy atom. The summed E-state index contributed by atoms with van der Waals surface area (Å²) >= 11 is 0. The van der Waals surface area contributed by atoms with Crippen molar-refractivity contribution in [1.29, 1.82) is 0 Å². The maximum Gasteiger partial charge on any atom is 0.232 e. The number of hydrogen-bond acceptors (Lipinski definition) is 4. The zero-order chi connectivity index (χ0) is 12.3. The zero-order valence-electron chi connectivity index (χ0n) is 9.08. The molecular formula is C12H12N2O3. The summed E-state index contributed by atoms with van der Waals surface area (Å²) in [5, 5.41) is 18.4. The SMILES string of the molecule is O=C(CCc1ccc(O)c(O)c1)n1ccnc1. The number of nitrogens with zero attached hydrogens (tertiary/aromatic N) is 2. The number of aromatic hydroxyl groups is 2. The average molecular weight is 232 g/mol. The highest BCUT2D eigenvalue weighted by Gasteiger charge is 2.06. The van der Waals surface area contributed by atoms with Crippen LogP contribution in [0.1, 0.15) is 16.8 Å². The molecule has 0 aliphatic rings. The second-order valence-electron chi connectivity index (χ2n) is 3.69. The Hall–Kier alpha value is -2.30. The number of carbonyl (C=O) groups is 1. The van der Waals surface area contributed by atoms with Crippen molar-refractivity contribution in [3.8, 4) is 11.5 Å². The van der Waals surface area contributed by atoms with Crippen LogP contribution in [0, 0.1) is 0 Å². The highest BCUT2D eigenvalue weighted by atomic mass is 16.3. The summed E-state index contributed by atoms with van der Waals surface area (Å²) in [5.74, 6) is -0.387. The summed E-state index contributed by atoms with van der Waals surface area (Å²) < 4.78 is 1.42. The number of phenols is 2. The molecule has 1 heterocycles. The van der Waals surface area contributed by atoms with Crippen LogP contribution in [0.3, 0.4) is 0 Å². The number of benzene rings is 1. The fraction of sp³-hybridized carbons (Fsp3) is 0.167. The zero-order valence-corrected chi connectivity index (χ0v) is 9.08. The molecular weight excluding hydrogens is 220 g/mol. The van der Waals surface area contributed by atoms with Gasteiger partial charge in [-0.15, -0.1) is 0 Å². The van der Waals surface area contributed by atoms with E-state index in [-0.39, 0.29) is 17.4 Å². The first kappa shape index (κ1) is 11.2. The molecule has 17 heavy (non-hydrogen) atoms. The number of imidazole rings is 1. The van der Waals surface area contributed by atoms with E-state index in [1.165, 1.54) is 23.0 Å². The quantitative estimate of drug-likeness (QED) is 0.787. The van der Waals surface area contributed by atoms with Crippen LogP contribution in [-0.2, 0) is 6.42 Å². The van der Waals surface area contributed by atoms with Gasteiger partial charge in [0.1, 0.15) is 6.33 Å². The van der Waals surface area contributed by atoms with Gasteiger partial charge in [-0.2, -0.15) is 0 Å². The number of phenolic OH excluding ortho intramolecular Hbond substituents is 2. The molecule has 0 unspecified atom stereocenters. The average Bonchev–Trinajstić information content (AvgIpc) is 2.84. The summed E-state index contributed by atoms with van der Waals surface area (Å²) in [6.07, 6.45) is 5.42. The van der Waals surface area contributed by atoms with Crippen LogP contribution in [0.4, 0.5) is 0 Å². The van der Waals surface area contributed by atoms with E-state index in [0.717, 1.165) is 5.56 Å². The van der Waals surface area contributed by atoms with Gasteiger partial charge in [-0.05, 0) is 24.1 Å². The molecule has 0 aliphatic carbocycles. The Kier molecular flexibility index (Phi) is 3.09. The van der Waals surface area contributed by atoms with Crippen LogP contribution in [0.15, 0.2) is 36.9 Å². The molecule has 2 N–H and O–H groups in total. The molecule has 2 rings (SSSR count). The number of hydrogen-bond donors (Lipinski definition) is 2. The highest BCUT2D eigenvalue weighted by Crippen LogP contribution is 2.25. The highest BCUT2D eigenvalue weighted by molar-refractivity contribution is 5.78.